The fraction of sp³-hybridized carbons (Fsp3) is 0.0667. The van der Waals surface area contributed by atoms with Crippen molar-refractivity contribution in [2.75, 3.05) is 4.90 Å². The number of benzene rings is 7. The third kappa shape index (κ3) is 4.40. The summed E-state index contributed by atoms with van der Waals surface area (Å²) in [7, 11) is 0. The van der Waals surface area contributed by atoms with Crippen molar-refractivity contribution in [1.82, 2.24) is 0 Å². The van der Waals surface area contributed by atoms with Crippen LogP contribution in [0.1, 0.15) is 25.0 Å². The zero-order chi connectivity index (χ0) is 31.5. The molecule has 224 valence electrons. The number of nitrogens with zero attached hydrogens (tertiary/aromatic N) is 1. The van der Waals surface area contributed by atoms with Gasteiger partial charge in [-0.2, -0.15) is 0 Å². The molecule has 47 heavy (non-hydrogen) atoms. The lowest BCUT2D eigenvalue weighted by Gasteiger charge is -2.27. The van der Waals surface area contributed by atoms with Crippen LogP contribution >= 0.6 is 0 Å². The highest BCUT2D eigenvalue weighted by molar-refractivity contribution is 6.06. The number of para-hydroxylation sites is 1. The smallest absolute Gasteiger partial charge is 0.137 e. The van der Waals surface area contributed by atoms with Gasteiger partial charge >= 0.3 is 0 Å². The van der Waals surface area contributed by atoms with Crippen molar-refractivity contribution in [3.63, 3.8) is 0 Å². The molecule has 1 heterocycles. The van der Waals surface area contributed by atoms with Gasteiger partial charge in [-0.05, 0) is 87.0 Å². The zero-order valence-electron chi connectivity index (χ0n) is 26.4. The summed E-state index contributed by atoms with van der Waals surface area (Å²) in [5.74, 6) is 0. The zero-order valence-corrected chi connectivity index (χ0v) is 26.4. The van der Waals surface area contributed by atoms with Gasteiger partial charge in [-0.15, -0.1) is 0 Å². The average molecular weight is 604 g/mol. The Kier molecular flexibility index (Phi) is 6.20. The van der Waals surface area contributed by atoms with Crippen LogP contribution in [0.3, 0.4) is 0 Å². The van der Waals surface area contributed by atoms with Crippen molar-refractivity contribution < 1.29 is 4.42 Å². The van der Waals surface area contributed by atoms with Crippen LogP contribution in [0.25, 0.3) is 55.3 Å². The van der Waals surface area contributed by atoms with Crippen LogP contribution in [-0.4, -0.2) is 0 Å². The van der Waals surface area contributed by atoms with Crippen molar-refractivity contribution >= 4 is 39.0 Å². The topological polar surface area (TPSA) is 16.4 Å². The predicted molar refractivity (Wildman–Crippen MR) is 197 cm³/mol. The Bertz CT molecular complexity index is 2440. The van der Waals surface area contributed by atoms with Crippen LogP contribution in [0.5, 0.6) is 0 Å². The van der Waals surface area contributed by atoms with Gasteiger partial charge in [0.1, 0.15) is 11.2 Å². The molecule has 0 unspecified atom stereocenters. The molecule has 1 aromatic heterocycles. The number of rotatable bonds is 5. The maximum atomic E-state index is 6.39. The molecule has 1 aliphatic rings. The van der Waals surface area contributed by atoms with E-state index in [9.17, 15) is 0 Å². The fourth-order valence-electron chi connectivity index (χ4n) is 7.55. The molecular formula is C45H33NO. The molecule has 0 radical (unpaired) electrons. The summed E-state index contributed by atoms with van der Waals surface area (Å²) in [6.07, 6.45) is 0. The Morgan fingerprint density at radius 3 is 1.89 bits per heavy atom. The van der Waals surface area contributed by atoms with E-state index in [0.29, 0.717) is 0 Å². The van der Waals surface area contributed by atoms with Gasteiger partial charge in [0.05, 0.1) is 0 Å². The lowest BCUT2D eigenvalue weighted by molar-refractivity contribution is 0.660. The highest BCUT2D eigenvalue weighted by Crippen LogP contribution is 2.53. The predicted octanol–water partition coefficient (Wildman–Crippen LogP) is 12.7. The maximum absolute atomic E-state index is 6.39. The van der Waals surface area contributed by atoms with Gasteiger partial charge in [-0.1, -0.05) is 129 Å². The van der Waals surface area contributed by atoms with Crippen LogP contribution in [0.15, 0.2) is 168 Å². The first-order chi connectivity index (χ1) is 23.1. The van der Waals surface area contributed by atoms with Gasteiger partial charge in [0.15, 0.2) is 0 Å². The summed E-state index contributed by atoms with van der Waals surface area (Å²) >= 11 is 0. The van der Waals surface area contributed by atoms with Crippen molar-refractivity contribution in [2.24, 2.45) is 0 Å². The Labute approximate surface area is 275 Å². The maximum Gasteiger partial charge on any atom is 0.137 e. The summed E-state index contributed by atoms with van der Waals surface area (Å²) in [6.45, 7) is 4.70. The lowest BCUT2D eigenvalue weighted by Crippen LogP contribution is -2.15. The first kappa shape index (κ1) is 27.5. The van der Waals surface area contributed by atoms with Crippen LogP contribution in [-0.2, 0) is 5.41 Å². The second kappa shape index (κ2) is 10.6. The minimum absolute atomic E-state index is 0.112. The van der Waals surface area contributed by atoms with Crippen molar-refractivity contribution in [3.8, 4) is 33.4 Å². The van der Waals surface area contributed by atoms with E-state index >= 15 is 0 Å². The molecule has 0 fully saturated rings. The fourth-order valence-corrected chi connectivity index (χ4v) is 7.55. The van der Waals surface area contributed by atoms with Gasteiger partial charge in [0.2, 0.25) is 0 Å². The van der Waals surface area contributed by atoms with E-state index < -0.39 is 0 Å². The minimum atomic E-state index is -0.112. The van der Waals surface area contributed by atoms with Crippen molar-refractivity contribution in [1.29, 1.82) is 0 Å². The number of hydrogen-bond donors (Lipinski definition) is 0. The Morgan fingerprint density at radius 1 is 0.426 bits per heavy atom. The molecule has 8 aromatic rings. The summed E-state index contributed by atoms with van der Waals surface area (Å²) < 4.78 is 6.39. The molecule has 9 rings (SSSR count). The van der Waals surface area contributed by atoms with E-state index in [-0.39, 0.29) is 5.41 Å². The van der Waals surface area contributed by atoms with Crippen LogP contribution < -0.4 is 4.90 Å². The molecule has 0 aliphatic heterocycles. The molecule has 0 saturated heterocycles. The molecule has 0 atom stereocenters. The summed E-state index contributed by atoms with van der Waals surface area (Å²) in [5, 5.41) is 2.26. The minimum Gasteiger partial charge on any atom is -0.456 e. The summed E-state index contributed by atoms with van der Waals surface area (Å²) in [6, 6.07) is 58.9. The molecule has 2 heteroatoms. The highest BCUT2D eigenvalue weighted by Gasteiger charge is 2.37. The second-order valence-electron chi connectivity index (χ2n) is 13.0. The van der Waals surface area contributed by atoms with E-state index in [1.54, 1.807) is 0 Å². The number of anilines is 3. The molecule has 1 aliphatic carbocycles. The van der Waals surface area contributed by atoms with Crippen LogP contribution in [0.2, 0.25) is 0 Å². The van der Waals surface area contributed by atoms with E-state index in [1.807, 2.05) is 12.1 Å². The second-order valence-corrected chi connectivity index (χ2v) is 13.0. The molecule has 0 spiro atoms. The van der Waals surface area contributed by atoms with E-state index in [1.165, 1.54) is 44.5 Å². The number of furan rings is 1. The van der Waals surface area contributed by atoms with Crippen molar-refractivity contribution in [2.45, 2.75) is 19.3 Å². The normalized spacial score (nSPS) is 13.1. The average Bonchev–Trinajstić information content (AvgIpc) is 3.60. The molecule has 0 saturated carbocycles. The standard InChI is InChI=1S/C45H33NO/c1-45(2)40-26-24-34(28-39(40)44-36(20-12-21-41(44)45)31-15-7-4-8-16-31)46(33-18-11-17-32(27-33)30-13-5-3-6-14-30)35-23-25-38-37-19-9-10-22-42(37)47-43(38)29-35/h3-29H,1-2H3. The largest absolute Gasteiger partial charge is 0.456 e. The summed E-state index contributed by atoms with van der Waals surface area (Å²) in [5.41, 5.74) is 15.1. The molecule has 0 N–H and O–H groups in total. The van der Waals surface area contributed by atoms with E-state index in [0.717, 1.165) is 39.0 Å². The van der Waals surface area contributed by atoms with Gasteiger partial charge < -0.3 is 9.32 Å². The molecular weight excluding hydrogens is 571 g/mol. The SMILES string of the molecule is CC1(C)c2ccc(N(c3cccc(-c4ccccc4)c3)c3ccc4c(c3)oc3ccccc34)cc2-c2c(-c3ccccc3)cccc21. The van der Waals surface area contributed by atoms with Crippen LogP contribution in [0.4, 0.5) is 17.1 Å². The van der Waals surface area contributed by atoms with Gasteiger partial charge in [0, 0.05) is 39.3 Å². The quantitative estimate of drug-likeness (QED) is 0.195. The first-order valence-electron chi connectivity index (χ1n) is 16.3. The molecule has 0 bridgehead atoms. The van der Waals surface area contributed by atoms with Crippen LogP contribution in [0, 0.1) is 0 Å². The summed E-state index contributed by atoms with van der Waals surface area (Å²) in [4.78, 5) is 2.37. The van der Waals surface area contributed by atoms with Crippen molar-refractivity contribution in [3.05, 3.63) is 175 Å². The molecule has 2 nitrogen and oxygen atoms in total. The highest BCUT2D eigenvalue weighted by atomic mass is 16.3. The number of hydrogen-bond acceptors (Lipinski definition) is 2. The lowest BCUT2D eigenvalue weighted by atomic mass is 9.82. The molecule has 7 aromatic carbocycles. The van der Waals surface area contributed by atoms with E-state index in [4.69, 9.17) is 4.42 Å². The Morgan fingerprint density at radius 2 is 1.06 bits per heavy atom. The third-order valence-corrected chi connectivity index (χ3v) is 9.86. The Balaban J connectivity index is 1.27. The van der Waals surface area contributed by atoms with E-state index in [2.05, 4.69) is 170 Å². The first-order valence-corrected chi connectivity index (χ1v) is 16.3. The van der Waals surface area contributed by atoms with Gasteiger partial charge in [0.25, 0.3) is 0 Å². The Hall–Kier alpha value is -5.86. The number of fused-ring (bicyclic) bond motifs is 6. The van der Waals surface area contributed by atoms with Gasteiger partial charge in [-0.25, -0.2) is 0 Å². The van der Waals surface area contributed by atoms with Gasteiger partial charge in [-0.3, -0.25) is 0 Å². The molecule has 0 amide bonds. The third-order valence-electron chi connectivity index (χ3n) is 9.86. The monoisotopic (exact) mass is 603 g/mol.